The molecule has 4 aliphatic heterocycles. The lowest BCUT2D eigenvalue weighted by atomic mass is 9.71. The van der Waals surface area contributed by atoms with Gasteiger partial charge in [-0.1, -0.05) is 284 Å². The summed E-state index contributed by atoms with van der Waals surface area (Å²) in [5.41, 5.74) is 7.60. The highest BCUT2D eigenvalue weighted by Gasteiger charge is 2.64. The van der Waals surface area contributed by atoms with Gasteiger partial charge in [0, 0.05) is 85.3 Å². The number of ketones is 8. The minimum atomic E-state index is -1.31. The Morgan fingerprint density at radius 3 is 0.930 bits per heavy atom. The first-order chi connectivity index (χ1) is 54.1. The molecular formula is C94H84Cl8O12. The minimum absolute atomic E-state index is 0.0480. The van der Waals surface area contributed by atoms with E-state index in [-0.39, 0.29) is 56.3 Å². The number of aryl methyl sites for hydroxylation is 4. The third-order valence-corrected chi connectivity index (χ3v) is 25.7. The van der Waals surface area contributed by atoms with Gasteiger partial charge in [-0.3, -0.25) is 38.4 Å². The lowest BCUT2D eigenvalue weighted by Gasteiger charge is -2.28. The molecule has 4 unspecified atom stereocenters. The van der Waals surface area contributed by atoms with Gasteiger partial charge in [-0.15, -0.1) is 0 Å². The van der Waals surface area contributed by atoms with Crippen LogP contribution in [0.4, 0.5) is 0 Å². The van der Waals surface area contributed by atoms with Crippen LogP contribution in [0.2, 0.25) is 25.1 Å². The standard InChI is InChI=1S/C21H18Cl2O3.C21H19ClO3.C21H20O3.C20H17ClO2.C11H10Cl4O/c1-3-20(10-21(11-26-21)13-6-4-5-12(2)7-13)18(24)14-8-16(22)17(23)9-15(14)19(20)25;1-3-20(18(23)16-6-4-5-7-17(16)19(20)24)11-21(12-25-21)14-8-13(2)9-15(22)10-14;1-3-20(18(22)16-9-4-5-10-17(16)19(20)23)12-21(13-24-21)15-8-6-7-14(2)11-15;1-3-20(12-13(2)14-7-6-8-15(21)11-14)18(22)16-9-4-5-10-17(16)19(20)23;1-7-2-8(4-9(12)3-7)10(6-16-10)5-11(13,14)15/h4-9H,3,10-11H2,1-2H3;4-10H,3,11-12H2,1-2H3;4-11H,3,12-13H2,1-2H3;4-11H,2-3,12H2,1H3;2-4H,5-6H2,1H3. The van der Waals surface area contributed by atoms with Gasteiger partial charge in [0.25, 0.3) is 0 Å². The van der Waals surface area contributed by atoms with Crippen molar-refractivity contribution in [3.05, 3.63) is 320 Å². The van der Waals surface area contributed by atoms with E-state index in [9.17, 15) is 38.4 Å². The highest BCUT2D eigenvalue weighted by atomic mass is 35.6. The van der Waals surface area contributed by atoms with Crippen LogP contribution < -0.4 is 0 Å². The van der Waals surface area contributed by atoms with Crippen LogP contribution in [0.1, 0.15) is 218 Å². The molecule has 20 heteroatoms. The zero-order valence-electron chi connectivity index (χ0n) is 64.3. The number of epoxide rings is 4. The predicted molar refractivity (Wildman–Crippen MR) is 450 cm³/mol. The van der Waals surface area contributed by atoms with Crippen molar-refractivity contribution in [3.8, 4) is 0 Å². The monoisotopic (exact) mass is 1680 g/mol. The molecule has 114 heavy (non-hydrogen) atoms. The summed E-state index contributed by atoms with van der Waals surface area (Å²) < 4.78 is 21.6. The predicted octanol–water partition coefficient (Wildman–Crippen LogP) is 24.1. The van der Waals surface area contributed by atoms with Gasteiger partial charge in [-0.2, -0.15) is 0 Å². The number of halogens is 8. The van der Waals surface area contributed by atoms with Gasteiger partial charge < -0.3 is 18.9 Å². The molecule has 0 saturated carbocycles. The van der Waals surface area contributed by atoms with Crippen molar-refractivity contribution >= 4 is 145 Å². The molecule has 4 aliphatic carbocycles. The molecule has 0 bridgehead atoms. The van der Waals surface area contributed by atoms with Crippen LogP contribution in [0, 0.1) is 49.4 Å². The van der Waals surface area contributed by atoms with Crippen molar-refractivity contribution in [1.29, 1.82) is 0 Å². The van der Waals surface area contributed by atoms with Crippen molar-refractivity contribution in [1.82, 2.24) is 0 Å². The molecule has 9 aromatic carbocycles. The lowest BCUT2D eigenvalue weighted by Crippen LogP contribution is -2.37. The summed E-state index contributed by atoms with van der Waals surface area (Å²) in [6.07, 6.45) is 3.60. The minimum Gasteiger partial charge on any atom is -0.364 e. The zero-order valence-corrected chi connectivity index (χ0v) is 70.3. The van der Waals surface area contributed by atoms with E-state index in [2.05, 4.69) is 18.7 Å². The van der Waals surface area contributed by atoms with Gasteiger partial charge in [-0.25, -0.2) is 0 Å². The van der Waals surface area contributed by atoms with E-state index in [0.717, 1.165) is 55.6 Å². The van der Waals surface area contributed by atoms with E-state index in [4.69, 9.17) is 112 Å². The normalized spacial score (nSPS) is 22.1. The SMILES string of the molecule is C=C(CC1(CC)C(=O)c2ccccc2C1=O)c1cccc(Cl)c1.CCC1(CC2(c3cc(C)cc(Cl)c3)CO2)C(=O)c2ccccc2C1=O.CCC1(CC2(c3cccc(C)c3)CO2)C(=O)c2cc(Cl)c(Cl)cc2C1=O.CCC1(CC2(c3cccc(C)c3)CO2)C(=O)c2ccccc2C1=O.Cc1cc(Cl)cc(C2(CC(Cl)(Cl)Cl)CO2)c1. The number of carbonyl (C=O) groups excluding carboxylic acids is 8. The third kappa shape index (κ3) is 15.9. The molecule has 0 N–H and O–H groups in total. The third-order valence-electron chi connectivity index (χ3n) is 23.9. The first kappa shape index (κ1) is 84.2. The average Bonchev–Trinajstić information content (AvgIpc) is 1.57. The number of rotatable bonds is 18. The number of hydrogen-bond donors (Lipinski definition) is 0. The van der Waals surface area contributed by atoms with Crippen molar-refractivity contribution < 1.29 is 57.3 Å². The number of alkyl halides is 3. The molecule has 0 spiro atoms. The number of ether oxygens (including phenoxy) is 4. The summed E-state index contributed by atoms with van der Waals surface area (Å²) in [6, 6.07) is 59.4. The number of hydrogen-bond acceptors (Lipinski definition) is 12. The van der Waals surface area contributed by atoms with Crippen molar-refractivity contribution in [2.75, 3.05) is 26.4 Å². The van der Waals surface area contributed by atoms with Gasteiger partial charge in [0.1, 0.15) is 27.8 Å². The Balaban J connectivity index is 0.000000125. The van der Waals surface area contributed by atoms with Crippen LogP contribution in [0.5, 0.6) is 0 Å². The Morgan fingerprint density at radius 1 is 0.333 bits per heavy atom. The number of allylic oxidation sites excluding steroid dienone is 1. The summed E-state index contributed by atoms with van der Waals surface area (Å²) >= 11 is 47.8. The van der Waals surface area contributed by atoms with Crippen LogP contribution in [0.3, 0.4) is 0 Å². The van der Waals surface area contributed by atoms with E-state index in [1.807, 2.05) is 159 Å². The summed E-state index contributed by atoms with van der Waals surface area (Å²) in [4.78, 5) is 105. The van der Waals surface area contributed by atoms with E-state index in [1.54, 1.807) is 66.7 Å². The molecule has 8 aliphatic rings. The maximum absolute atomic E-state index is 13.2. The Labute approximate surface area is 704 Å². The first-order valence-corrected chi connectivity index (χ1v) is 41.0. The molecule has 12 nitrogen and oxygen atoms in total. The second-order valence-electron chi connectivity index (χ2n) is 31.3. The van der Waals surface area contributed by atoms with Crippen LogP contribution in [0.25, 0.3) is 5.57 Å². The largest absolute Gasteiger partial charge is 0.364 e. The van der Waals surface area contributed by atoms with Gasteiger partial charge in [-0.05, 0) is 153 Å². The molecule has 9 aromatic rings. The van der Waals surface area contributed by atoms with Gasteiger partial charge in [0.05, 0.1) is 52.7 Å². The van der Waals surface area contributed by atoms with E-state index < -0.39 is 47.9 Å². The topological polar surface area (TPSA) is 187 Å². The van der Waals surface area contributed by atoms with Crippen molar-refractivity contribution in [2.45, 2.75) is 139 Å². The molecule has 0 radical (unpaired) electrons. The van der Waals surface area contributed by atoms with Crippen molar-refractivity contribution in [3.63, 3.8) is 0 Å². The Kier molecular flexibility index (Phi) is 23.8. The molecule has 4 atom stereocenters. The molecular weight excluding hydrogens is 1600 g/mol. The fraction of sp³-hybridized carbons (Fsp3) is 0.319. The molecule has 0 amide bonds. The quantitative estimate of drug-likeness (QED) is 0.0450. The highest BCUT2D eigenvalue weighted by Crippen LogP contribution is 2.58. The smallest absolute Gasteiger partial charge is 0.193 e. The highest BCUT2D eigenvalue weighted by molar-refractivity contribution is 6.67. The van der Waals surface area contributed by atoms with Gasteiger partial charge >= 0.3 is 0 Å². The van der Waals surface area contributed by atoms with E-state index in [1.165, 1.54) is 12.1 Å². The number of benzene rings is 9. The number of carbonyl (C=O) groups is 8. The number of fused-ring (bicyclic) bond motifs is 4. The van der Waals surface area contributed by atoms with Crippen LogP contribution in [0.15, 0.2) is 201 Å². The summed E-state index contributed by atoms with van der Waals surface area (Å²) in [6.45, 7) is 21.8. The van der Waals surface area contributed by atoms with E-state index >= 15 is 0 Å². The second kappa shape index (κ2) is 32.3. The summed E-state index contributed by atoms with van der Waals surface area (Å²) in [5.74, 6) is -0.801. The molecule has 588 valence electrons. The van der Waals surface area contributed by atoms with Crippen LogP contribution in [-0.2, 0) is 41.4 Å². The fourth-order valence-electron chi connectivity index (χ4n) is 17.1. The Hall–Kier alpha value is -7.76. The molecule has 4 saturated heterocycles. The Bertz CT molecular complexity index is 5260. The molecule has 4 heterocycles. The summed E-state index contributed by atoms with van der Waals surface area (Å²) in [5, 5.41) is 2.50. The van der Waals surface area contributed by atoms with Crippen LogP contribution >= 0.6 is 92.8 Å². The van der Waals surface area contributed by atoms with Gasteiger partial charge in [0.15, 0.2) is 50.1 Å². The zero-order chi connectivity index (χ0) is 82.0. The van der Waals surface area contributed by atoms with Crippen LogP contribution in [-0.4, -0.2) is 76.5 Å². The van der Waals surface area contributed by atoms with Gasteiger partial charge in [0.2, 0.25) is 0 Å². The first-order valence-electron chi connectivity index (χ1n) is 38.0. The molecule has 4 fully saturated rings. The molecule has 17 rings (SSSR count). The van der Waals surface area contributed by atoms with Crippen molar-refractivity contribution in [2.24, 2.45) is 21.7 Å². The second-order valence-corrected chi connectivity index (χ2v) is 36.0. The average molecular weight is 1690 g/mol. The number of Topliss-reactive ketones (excluding diaryl/α,β-unsaturated/α-hetero) is 8. The maximum atomic E-state index is 13.2. The Morgan fingerprint density at radius 2 is 0.632 bits per heavy atom. The summed E-state index contributed by atoms with van der Waals surface area (Å²) in [7, 11) is 0. The molecule has 0 aromatic heterocycles. The van der Waals surface area contributed by atoms with E-state index in [0.29, 0.717) is 144 Å². The fourth-order valence-corrected chi connectivity index (χ4v) is 18.9. The lowest BCUT2D eigenvalue weighted by molar-refractivity contribution is 0.0606. The maximum Gasteiger partial charge on any atom is 0.193 e.